The molecule has 0 aliphatic rings. The van der Waals surface area contributed by atoms with Crippen LogP contribution < -0.4 is 5.73 Å². The molecule has 6 heteroatoms. The molecule has 2 rings (SSSR count). The van der Waals surface area contributed by atoms with Crippen LogP contribution in [-0.4, -0.2) is 0 Å². The van der Waals surface area contributed by atoms with Gasteiger partial charge in [0, 0.05) is 16.1 Å². The quantitative estimate of drug-likeness (QED) is 0.789. The molecule has 1 nitrogen and oxygen atoms in total. The van der Waals surface area contributed by atoms with Gasteiger partial charge in [-0.2, -0.15) is 0 Å². The Balaban J connectivity index is 2.63. The molecule has 1 atom stereocenters. The number of benzene rings is 2. The largest absolute Gasteiger partial charge is 0.320 e. The summed E-state index contributed by atoms with van der Waals surface area (Å²) < 4.78 is 41.4. The molecular weight excluding hydrogens is 343 g/mol. The van der Waals surface area contributed by atoms with Gasteiger partial charge in [0.2, 0.25) is 0 Å². The van der Waals surface area contributed by atoms with Gasteiger partial charge >= 0.3 is 0 Å². The Labute approximate surface area is 121 Å². The predicted molar refractivity (Wildman–Crippen MR) is 71.5 cm³/mol. The fourth-order valence-electron chi connectivity index (χ4n) is 1.78. The highest BCUT2D eigenvalue weighted by atomic mass is 79.9. The number of hydrogen-bond donors (Lipinski definition) is 1. The standard InChI is InChI=1S/C13H8BrClF3N/c14-6-4-5-9(17)11(12(6)18)13(19)10-7(15)2-1-3-8(10)16/h1-5,13H,19H2. The van der Waals surface area contributed by atoms with Crippen molar-refractivity contribution in [1.82, 2.24) is 0 Å². The van der Waals surface area contributed by atoms with Crippen LogP contribution >= 0.6 is 27.5 Å². The lowest BCUT2D eigenvalue weighted by molar-refractivity contribution is 0.529. The Morgan fingerprint density at radius 1 is 1.00 bits per heavy atom. The molecule has 1 unspecified atom stereocenters. The third kappa shape index (κ3) is 2.63. The van der Waals surface area contributed by atoms with Gasteiger partial charge in [0.15, 0.2) is 0 Å². The van der Waals surface area contributed by atoms with Crippen molar-refractivity contribution >= 4 is 27.5 Å². The molecule has 0 aromatic heterocycles. The van der Waals surface area contributed by atoms with Crippen molar-refractivity contribution in [2.45, 2.75) is 6.04 Å². The second kappa shape index (κ2) is 5.53. The highest BCUT2D eigenvalue weighted by Crippen LogP contribution is 2.33. The van der Waals surface area contributed by atoms with Crippen molar-refractivity contribution in [2.24, 2.45) is 5.73 Å². The normalized spacial score (nSPS) is 12.5. The molecule has 0 radical (unpaired) electrons. The van der Waals surface area contributed by atoms with Crippen LogP contribution in [0.5, 0.6) is 0 Å². The van der Waals surface area contributed by atoms with Gasteiger partial charge in [0.05, 0.1) is 10.5 Å². The van der Waals surface area contributed by atoms with Crippen LogP contribution in [0, 0.1) is 17.5 Å². The fourth-order valence-corrected chi connectivity index (χ4v) is 2.41. The second-order valence-corrected chi connectivity index (χ2v) is 5.13. The lowest BCUT2D eigenvalue weighted by Gasteiger charge is -2.17. The molecule has 0 fully saturated rings. The summed E-state index contributed by atoms with van der Waals surface area (Å²) in [4.78, 5) is 0. The first-order valence-electron chi connectivity index (χ1n) is 5.26. The SMILES string of the molecule is NC(c1c(F)cccc1Cl)c1c(F)ccc(Br)c1F. The van der Waals surface area contributed by atoms with Gasteiger partial charge in [-0.05, 0) is 40.2 Å². The van der Waals surface area contributed by atoms with Crippen molar-refractivity contribution in [3.8, 4) is 0 Å². The van der Waals surface area contributed by atoms with E-state index in [0.717, 1.165) is 12.1 Å². The first-order chi connectivity index (χ1) is 8.93. The van der Waals surface area contributed by atoms with Crippen LogP contribution in [0.2, 0.25) is 5.02 Å². The Hall–Kier alpha value is -1.04. The average Bonchev–Trinajstić information content (AvgIpc) is 2.34. The van der Waals surface area contributed by atoms with Gasteiger partial charge in [0.25, 0.3) is 0 Å². The van der Waals surface area contributed by atoms with Gasteiger partial charge in [-0.1, -0.05) is 17.7 Å². The molecule has 19 heavy (non-hydrogen) atoms. The van der Waals surface area contributed by atoms with Crippen molar-refractivity contribution in [1.29, 1.82) is 0 Å². The molecule has 0 aliphatic heterocycles. The number of rotatable bonds is 2. The first-order valence-corrected chi connectivity index (χ1v) is 6.43. The van der Waals surface area contributed by atoms with Gasteiger partial charge in [-0.15, -0.1) is 0 Å². The smallest absolute Gasteiger partial charge is 0.145 e. The lowest BCUT2D eigenvalue weighted by atomic mass is 9.98. The molecule has 0 saturated carbocycles. The molecule has 0 amide bonds. The maximum absolute atomic E-state index is 13.9. The predicted octanol–water partition coefficient (Wildman–Crippen LogP) is 4.57. The molecule has 100 valence electrons. The van der Waals surface area contributed by atoms with Crippen molar-refractivity contribution < 1.29 is 13.2 Å². The first kappa shape index (κ1) is 14.4. The van der Waals surface area contributed by atoms with Crippen LogP contribution in [0.15, 0.2) is 34.8 Å². The van der Waals surface area contributed by atoms with E-state index in [2.05, 4.69) is 15.9 Å². The maximum Gasteiger partial charge on any atom is 0.145 e. The average molecular weight is 351 g/mol. The van der Waals surface area contributed by atoms with E-state index in [1.54, 1.807) is 0 Å². The summed E-state index contributed by atoms with van der Waals surface area (Å²) in [7, 11) is 0. The molecule has 2 N–H and O–H groups in total. The lowest BCUT2D eigenvalue weighted by Crippen LogP contribution is -2.18. The van der Waals surface area contributed by atoms with Gasteiger partial charge in [0.1, 0.15) is 17.5 Å². The van der Waals surface area contributed by atoms with Crippen LogP contribution in [0.25, 0.3) is 0 Å². The van der Waals surface area contributed by atoms with E-state index in [4.69, 9.17) is 17.3 Å². The molecule has 0 bridgehead atoms. The molecule has 2 aromatic rings. The second-order valence-electron chi connectivity index (χ2n) is 3.87. The highest BCUT2D eigenvalue weighted by molar-refractivity contribution is 9.10. The summed E-state index contributed by atoms with van der Waals surface area (Å²) in [6, 6.07) is 4.87. The summed E-state index contributed by atoms with van der Waals surface area (Å²) in [6.07, 6.45) is 0. The Morgan fingerprint density at radius 3 is 2.26 bits per heavy atom. The fraction of sp³-hybridized carbons (Fsp3) is 0.0769. The third-order valence-electron chi connectivity index (χ3n) is 2.70. The minimum atomic E-state index is -1.33. The highest BCUT2D eigenvalue weighted by Gasteiger charge is 2.24. The summed E-state index contributed by atoms with van der Waals surface area (Å²) >= 11 is 8.78. The monoisotopic (exact) mass is 349 g/mol. The summed E-state index contributed by atoms with van der Waals surface area (Å²) in [6.45, 7) is 0. The van der Waals surface area contributed by atoms with E-state index in [1.165, 1.54) is 18.2 Å². The molecular formula is C13H8BrClF3N. The van der Waals surface area contributed by atoms with Crippen molar-refractivity contribution in [3.63, 3.8) is 0 Å². The minimum absolute atomic E-state index is 0.0197. The van der Waals surface area contributed by atoms with Gasteiger partial charge < -0.3 is 5.73 Å². The van der Waals surface area contributed by atoms with Gasteiger partial charge in [-0.3, -0.25) is 0 Å². The summed E-state index contributed by atoms with van der Waals surface area (Å²) in [5.74, 6) is -2.43. The van der Waals surface area contributed by atoms with Crippen LogP contribution in [0.3, 0.4) is 0 Å². The van der Waals surface area contributed by atoms with E-state index in [1.807, 2.05) is 0 Å². The number of hydrogen-bond acceptors (Lipinski definition) is 1. The Bertz CT molecular complexity index is 613. The number of nitrogens with two attached hydrogens (primary N) is 1. The van der Waals surface area contributed by atoms with Gasteiger partial charge in [-0.25, -0.2) is 13.2 Å². The van der Waals surface area contributed by atoms with E-state index in [0.29, 0.717) is 0 Å². The minimum Gasteiger partial charge on any atom is -0.320 e. The third-order valence-corrected chi connectivity index (χ3v) is 3.64. The van der Waals surface area contributed by atoms with Crippen LogP contribution in [0.1, 0.15) is 17.2 Å². The maximum atomic E-state index is 13.9. The molecule has 0 saturated heterocycles. The van der Waals surface area contributed by atoms with Crippen LogP contribution in [0.4, 0.5) is 13.2 Å². The molecule has 0 spiro atoms. The van der Waals surface area contributed by atoms with Crippen molar-refractivity contribution in [3.05, 3.63) is 68.4 Å². The summed E-state index contributed by atoms with van der Waals surface area (Å²) in [5.41, 5.74) is 5.20. The zero-order chi connectivity index (χ0) is 14.2. The summed E-state index contributed by atoms with van der Waals surface area (Å²) in [5, 5.41) is 0.0197. The topological polar surface area (TPSA) is 26.0 Å². The molecule has 2 aromatic carbocycles. The zero-order valence-corrected chi connectivity index (χ0v) is 11.8. The number of halogens is 5. The molecule has 0 heterocycles. The zero-order valence-electron chi connectivity index (χ0n) is 9.43. The van der Waals surface area contributed by atoms with Crippen LogP contribution in [-0.2, 0) is 0 Å². The van der Waals surface area contributed by atoms with E-state index >= 15 is 0 Å². The Morgan fingerprint density at radius 2 is 1.63 bits per heavy atom. The van der Waals surface area contributed by atoms with E-state index in [9.17, 15) is 13.2 Å². The van der Waals surface area contributed by atoms with Crippen molar-refractivity contribution in [2.75, 3.05) is 0 Å². The Kier molecular flexibility index (Phi) is 4.18. The van der Waals surface area contributed by atoms with E-state index < -0.39 is 29.1 Å². The van der Waals surface area contributed by atoms with E-state index in [-0.39, 0.29) is 15.1 Å². The molecule has 0 aliphatic carbocycles.